The minimum Gasteiger partial charge on any atom is -0.311 e. The maximum atomic E-state index is 6.33. The van der Waals surface area contributed by atoms with E-state index in [2.05, 4.69) is 23.5 Å². The summed E-state index contributed by atoms with van der Waals surface area (Å²) in [5.74, 6) is 0. The van der Waals surface area contributed by atoms with E-state index in [0.717, 1.165) is 40.5 Å². The molecule has 0 atom stereocenters. The van der Waals surface area contributed by atoms with E-state index < -0.39 is 0 Å². The van der Waals surface area contributed by atoms with Crippen molar-refractivity contribution in [3.8, 4) is 11.3 Å². The van der Waals surface area contributed by atoms with Gasteiger partial charge in [0.25, 0.3) is 0 Å². The molecule has 1 aliphatic rings. The molecule has 0 bridgehead atoms. The molecule has 5 heteroatoms. The molecule has 0 radical (unpaired) electrons. The molecule has 0 amide bonds. The molecule has 150 valence electrons. The first kappa shape index (κ1) is 19.9. The van der Waals surface area contributed by atoms with Gasteiger partial charge in [0.15, 0.2) is 0 Å². The number of benzene rings is 2. The van der Waals surface area contributed by atoms with Gasteiger partial charge in [0.2, 0.25) is 0 Å². The van der Waals surface area contributed by atoms with Crippen LogP contribution in [0.15, 0.2) is 66.2 Å². The summed E-state index contributed by atoms with van der Waals surface area (Å²) in [6.45, 7) is 2.24. The van der Waals surface area contributed by atoms with Crippen molar-refractivity contribution >= 4 is 11.6 Å². The molecule has 3 aromatic rings. The van der Waals surface area contributed by atoms with Gasteiger partial charge in [-0.05, 0) is 50.3 Å². The van der Waals surface area contributed by atoms with Gasteiger partial charge in [-0.1, -0.05) is 71.8 Å². The average Bonchev–Trinajstić information content (AvgIpc) is 3.17. The summed E-state index contributed by atoms with van der Waals surface area (Å²) < 4.78 is 0. The van der Waals surface area contributed by atoms with E-state index in [1.807, 2.05) is 42.5 Å². The zero-order valence-corrected chi connectivity index (χ0v) is 17.4. The highest BCUT2D eigenvalue weighted by Gasteiger charge is 2.14. The van der Waals surface area contributed by atoms with Crippen molar-refractivity contribution in [3.05, 3.63) is 82.5 Å². The van der Waals surface area contributed by atoms with Crippen LogP contribution in [0.25, 0.3) is 11.3 Å². The van der Waals surface area contributed by atoms with Crippen molar-refractivity contribution in [1.29, 1.82) is 0 Å². The first-order valence-corrected chi connectivity index (χ1v) is 10.8. The molecule has 1 aliphatic carbocycles. The molecule has 4 rings (SSSR count). The Bertz CT molecular complexity index is 962. The van der Waals surface area contributed by atoms with Crippen LogP contribution < -0.4 is 5.32 Å². The second kappa shape index (κ2) is 9.86. The highest BCUT2D eigenvalue weighted by molar-refractivity contribution is 6.31. The fraction of sp³-hybridized carbons (Fsp3) is 0.333. The number of allylic oxidation sites excluding steroid dienone is 1. The van der Waals surface area contributed by atoms with Gasteiger partial charge in [-0.3, -0.25) is 0 Å². The summed E-state index contributed by atoms with van der Waals surface area (Å²) in [4.78, 5) is 1.75. The zero-order valence-electron chi connectivity index (χ0n) is 16.6. The average molecular weight is 407 g/mol. The van der Waals surface area contributed by atoms with Crippen LogP contribution in [-0.4, -0.2) is 21.5 Å². The van der Waals surface area contributed by atoms with Gasteiger partial charge in [0.1, 0.15) is 11.4 Å². The summed E-state index contributed by atoms with van der Waals surface area (Å²) in [5.41, 5.74) is 5.61. The molecule has 2 aromatic carbocycles. The number of halogens is 1. The molecule has 29 heavy (non-hydrogen) atoms. The Labute approximate surface area is 177 Å². The highest BCUT2D eigenvalue weighted by atomic mass is 35.5. The molecule has 4 nitrogen and oxygen atoms in total. The van der Waals surface area contributed by atoms with Crippen molar-refractivity contribution in [2.45, 2.75) is 45.2 Å². The van der Waals surface area contributed by atoms with Gasteiger partial charge in [0, 0.05) is 17.1 Å². The van der Waals surface area contributed by atoms with Crippen LogP contribution in [0.1, 0.15) is 43.4 Å². The quantitative estimate of drug-likeness (QED) is 0.389. The van der Waals surface area contributed by atoms with E-state index in [1.54, 1.807) is 10.4 Å². The molecule has 0 saturated carbocycles. The number of nitrogens with zero attached hydrogens (tertiary/aromatic N) is 3. The topological polar surface area (TPSA) is 42.7 Å². The first-order valence-electron chi connectivity index (χ1n) is 10.4. The van der Waals surface area contributed by atoms with Crippen LogP contribution in [-0.2, 0) is 13.1 Å². The third kappa shape index (κ3) is 5.34. The van der Waals surface area contributed by atoms with Crippen LogP contribution >= 0.6 is 11.6 Å². The van der Waals surface area contributed by atoms with Crippen LogP contribution in [0.4, 0.5) is 0 Å². The molecule has 0 saturated heterocycles. The van der Waals surface area contributed by atoms with E-state index in [0.29, 0.717) is 13.1 Å². The Kier molecular flexibility index (Phi) is 6.75. The predicted molar refractivity (Wildman–Crippen MR) is 119 cm³/mol. The van der Waals surface area contributed by atoms with Crippen molar-refractivity contribution in [2.75, 3.05) is 6.54 Å². The molecule has 1 N–H and O–H groups in total. The Morgan fingerprint density at radius 2 is 1.79 bits per heavy atom. The Hall–Kier alpha value is -2.43. The lowest BCUT2D eigenvalue weighted by molar-refractivity contribution is 0.574. The summed E-state index contributed by atoms with van der Waals surface area (Å²) >= 11 is 6.33. The molecule has 0 spiro atoms. The van der Waals surface area contributed by atoms with E-state index in [4.69, 9.17) is 21.8 Å². The minimum absolute atomic E-state index is 0.562. The summed E-state index contributed by atoms with van der Waals surface area (Å²) in [5, 5.41) is 13.9. The number of hydrogen-bond donors (Lipinski definition) is 1. The maximum absolute atomic E-state index is 6.33. The predicted octanol–water partition coefficient (Wildman–Crippen LogP) is 5.63. The zero-order chi connectivity index (χ0) is 19.9. The Balaban J connectivity index is 1.47. The summed E-state index contributed by atoms with van der Waals surface area (Å²) in [6, 6.07) is 18.1. The normalized spacial score (nSPS) is 14.0. The van der Waals surface area contributed by atoms with Crippen LogP contribution in [0.5, 0.6) is 0 Å². The second-order valence-corrected chi connectivity index (χ2v) is 7.93. The Morgan fingerprint density at radius 3 is 2.59 bits per heavy atom. The van der Waals surface area contributed by atoms with E-state index in [-0.39, 0.29) is 0 Å². The third-order valence-electron chi connectivity index (χ3n) is 5.34. The summed E-state index contributed by atoms with van der Waals surface area (Å²) in [6.07, 6.45) is 8.70. The van der Waals surface area contributed by atoms with E-state index in [9.17, 15) is 0 Å². The van der Waals surface area contributed by atoms with Crippen LogP contribution in [0, 0.1) is 0 Å². The third-order valence-corrected chi connectivity index (χ3v) is 5.71. The van der Waals surface area contributed by atoms with Crippen molar-refractivity contribution in [2.24, 2.45) is 0 Å². The lowest BCUT2D eigenvalue weighted by Crippen LogP contribution is -2.17. The molecule has 0 unspecified atom stereocenters. The fourth-order valence-electron chi connectivity index (χ4n) is 3.76. The number of rotatable bonds is 8. The lowest BCUT2D eigenvalue weighted by atomic mass is 9.97. The second-order valence-electron chi connectivity index (χ2n) is 7.52. The smallest absolute Gasteiger partial charge is 0.117 e. The fourth-order valence-corrected chi connectivity index (χ4v) is 3.95. The standard InChI is InChI=1S/C24H27ClN4/c25-22-14-8-7-13-21(22)18-29-27-23(24(28-29)20-11-5-2-6-12-20)17-26-16-15-19-9-3-1-4-10-19/h2,5-9,11-14,26H,1,3-4,10,15-18H2. The van der Waals surface area contributed by atoms with Gasteiger partial charge in [-0.25, -0.2) is 0 Å². The minimum atomic E-state index is 0.562. The van der Waals surface area contributed by atoms with Gasteiger partial charge in [-0.15, -0.1) is 0 Å². The number of hydrogen-bond acceptors (Lipinski definition) is 3. The van der Waals surface area contributed by atoms with Gasteiger partial charge >= 0.3 is 0 Å². The SMILES string of the molecule is Clc1ccccc1Cn1nc(CNCCC2=CCCCC2)c(-c2ccccc2)n1. The lowest BCUT2D eigenvalue weighted by Gasteiger charge is -2.12. The Morgan fingerprint density at radius 1 is 0.966 bits per heavy atom. The van der Waals surface area contributed by atoms with Crippen molar-refractivity contribution in [1.82, 2.24) is 20.3 Å². The van der Waals surface area contributed by atoms with Crippen LogP contribution in [0.2, 0.25) is 5.02 Å². The van der Waals surface area contributed by atoms with Gasteiger partial charge in [-0.2, -0.15) is 15.0 Å². The first-order chi connectivity index (χ1) is 14.3. The largest absolute Gasteiger partial charge is 0.311 e. The van der Waals surface area contributed by atoms with Gasteiger partial charge < -0.3 is 5.32 Å². The molecule has 1 heterocycles. The molecular formula is C24H27ClN4. The molecule has 0 fully saturated rings. The van der Waals surface area contributed by atoms with E-state index >= 15 is 0 Å². The molecule has 0 aliphatic heterocycles. The molecule has 1 aromatic heterocycles. The maximum Gasteiger partial charge on any atom is 0.117 e. The highest BCUT2D eigenvalue weighted by Crippen LogP contribution is 2.22. The summed E-state index contributed by atoms with van der Waals surface area (Å²) in [7, 11) is 0. The number of nitrogens with one attached hydrogen (secondary N) is 1. The van der Waals surface area contributed by atoms with Crippen LogP contribution in [0.3, 0.4) is 0 Å². The van der Waals surface area contributed by atoms with E-state index in [1.165, 1.54) is 25.7 Å². The monoisotopic (exact) mass is 406 g/mol. The van der Waals surface area contributed by atoms with Crippen molar-refractivity contribution in [3.63, 3.8) is 0 Å². The number of aromatic nitrogens is 3. The van der Waals surface area contributed by atoms with Crippen molar-refractivity contribution < 1.29 is 0 Å². The van der Waals surface area contributed by atoms with Gasteiger partial charge in [0.05, 0.1) is 6.54 Å². The molecular weight excluding hydrogens is 380 g/mol.